The van der Waals surface area contributed by atoms with Crippen LogP contribution >= 0.6 is 23.2 Å². The van der Waals surface area contributed by atoms with Gasteiger partial charge in [-0.3, -0.25) is 0 Å². The second-order valence-electron chi connectivity index (χ2n) is 2.55. The molecule has 0 aliphatic heterocycles. The number of nitrogens with one attached hydrogen (secondary N) is 1. The molecule has 0 fully saturated rings. The maximum Gasteiger partial charge on any atom is 0.208 e. The summed E-state index contributed by atoms with van der Waals surface area (Å²) in [5, 5.41) is -0.168. The van der Waals surface area contributed by atoms with E-state index in [1.165, 1.54) is 0 Å². The average molecular weight is 234 g/mol. The van der Waals surface area contributed by atoms with Crippen molar-refractivity contribution in [1.82, 2.24) is 4.72 Å². The van der Waals surface area contributed by atoms with Gasteiger partial charge in [0.25, 0.3) is 0 Å². The Kier molecular flexibility index (Phi) is 6.27. The fraction of sp³-hybridized carbons (Fsp3) is 1.00. The number of halogens is 2. The summed E-state index contributed by atoms with van der Waals surface area (Å²) < 4.78 is 23.6. The lowest BCUT2D eigenvalue weighted by Gasteiger charge is -2.07. The van der Waals surface area contributed by atoms with Crippen LogP contribution < -0.4 is 4.72 Å². The second-order valence-corrected chi connectivity index (χ2v) is 5.38. The number of rotatable bonds is 6. The highest BCUT2D eigenvalue weighted by Gasteiger charge is 2.07. The standard InChI is InChI=1S/C6H13Cl2NO2S/c1-12(10,11)9-5-6(8)3-2-4-7/h6,9H,2-5H2,1H3. The quantitative estimate of drug-likeness (QED) is 0.701. The first-order chi connectivity index (χ1) is 5.45. The summed E-state index contributed by atoms with van der Waals surface area (Å²) in [5.41, 5.74) is 0. The molecule has 0 aromatic rings. The van der Waals surface area contributed by atoms with Gasteiger partial charge in [0.2, 0.25) is 10.0 Å². The van der Waals surface area contributed by atoms with E-state index in [1.54, 1.807) is 0 Å². The molecule has 6 heteroatoms. The molecule has 1 atom stereocenters. The first-order valence-corrected chi connectivity index (χ1v) is 6.46. The molecule has 0 aromatic heterocycles. The van der Waals surface area contributed by atoms with Crippen LogP contribution in [0.5, 0.6) is 0 Å². The fourth-order valence-corrected chi connectivity index (χ4v) is 1.62. The minimum absolute atomic E-state index is 0.168. The Labute approximate surface area is 83.5 Å². The molecule has 3 nitrogen and oxygen atoms in total. The molecule has 0 heterocycles. The normalized spacial score (nSPS) is 14.6. The highest BCUT2D eigenvalue weighted by Crippen LogP contribution is 2.05. The molecule has 0 spiro atoms. The van der Waals surface area contributed by atoms with Crippen molar-refractivity contribution in [3.63, 3.8) is 0 Å². The number of hydrogen-bond acceptors (Lipinski definition) is 2. The molecule has 12 heavy (non-hydrogen) atoms. The van der Waals surface area contributed by atoms with E-state index >= 15 is 0 Å². The third-order valence-electron chi connectivity index (χ3n) is 1.22. The van der Waals surface area contributed by atoms with Crippen LogP contribution in [-0.2, 0) is 10.0 Å². The summed E-state index contributed by atoms with van der Waals surface area (Å²) in [7, 11) is -3.11. The molecule has 74 valence electrons. The zero-order valence-electron chi connectivity index (χ0n) is 6.89. The summed E-state index contributed by atoms with van der Waals surface area (Å²) in [5.74, 6) is 0.558. The van der Waals surface area contributed by atoms with E-state index in [0.717, 1.165) is 19.1 Å². The van der Waals surface area contributed by atoms with Crippen LogP contribution in [0.4, 0.5) is 0 Å². The Morgan fingerprint density at radius 2 is 2.08 bits per heavy atom. The monoisotopic (exact) mass is 233 g/mol. The SMILES string of the molecule is CS(=O)(=O)NCC(Cl)CCCCl. The number of sulfonamides is 1. The van der Waals surface area contributed by atoms with Crippen molar-refractivity contribution in [2.45, 2.75) is 18.2 Å². The zero-order valence-corrected chi connectivity index (χ0v) is 9.21. The van der Waals surface area contributed by atoms with Crippen molar-refractivity contribution >= 4 is 33.2 Å². The Morgan fingerprint density at radius 1 is 1.50 bits per heavy atom. The van der Waals surface area contributed by atoms with Gasteiger partial charge in [-0.25, -0.2) is 13.1 Å². The van der Waals surface area contributed by atoms with Gasteiger partial charge in [-0.1, -0.05) is 0 Å². The smallest absolute Gasteiger partial charge is 0.208 e. The van der Waals surface area contributed by atoms with Crippen molar-refractivity contribution in [3.8, 4) is 0 Å². The third-order valence-corrected chi connectivity index (χ3v) is 2.55. The Bertz CT molecular complexity index is 206. The maximum absolute atomic E-state index is 10.6. The van der Waals surface area contributed by atoms with Gasteiger partial charge in [0.1, 0.15) is 0 Å². The Hall–Kier alpha value is 0.490. The lowest BCUT2D eigenvalue weighted by atomic mass is 10.2. The van der Waals surface area contributed by atoms with Gasteiger partial charge in [-0.2, -0.15) is 0 Å². The number of alkyl halides is 2. The molecular formula is C6H13Cl2NO2S. The van der Waals surface area contributed by atoms with Gasteiger partial charge < -0.3 is 0 Å². The van der Waals surface area contributed by atoms with Crippen molar-refractivity contribution in [2.24, 2.45) is 0 Å². The van der Waals surface area contributed by atoms with E-state index in [4.69, 9.17) is 23.2 Å². The average Bonchev–Trinajstić information content (AvgIpc) is 1.95. The summed E-state index contributed by atoms with van der Waals surface area (Å²) in [6.45, 7) is 0.275. The molecule has 0 bridgehead atoms. The molecule has 0 amide bonds. The van der Waals surface area contributed by atoms with Crippen molar-refractivity contribution in [2.75, 3.05) is 18.7 Å². The summed E-state index contributed by atoms with van der Waals surface area (Å²) in [6.07, 6.45) is 2.65. The lowest BCUT2D eigenvalue weighted by molar-refractivity contribution is 0.583. The second kappa shape index (κ2) is 6.02. The molecule has 0 radical (unpaired) electrons. The van der Waals surface area contributed by atoms with Crippen molar-refractivity contribution in [3.05, 3.63) is 0 Å². The molecule has 0 aliphatic rings. The molecular weight excluding hydrogens is 221 g/mol. The summed E-state index contributed by atoms with van der Waals surface area (Å²) in [4.78, 5) is 0. The van der Waals surface area contributed by atoms with Gasteiger partial charge in [-0.15, -0.1) is 23.2 Å². The zero-order chi connectivity index (χ0) is 9.61. The van der Waals surface area contributed by atoms with Crippen LogP contribution in [0.25, 0.3) is 0 Å². The molecule has 1 N–H and O–H groups in total. The topological polar surface area (TPSA) is 46.2 Å². The van der Waals surface area contributed by atoms with E-state index in [2.05, 4.69) is 4.72 Å². The fourth-order valence-electron chi connectivity index (χ4n) is 0.643. The van der Waals surface area contributed by atoms with Crippen LogP contribution in [0.3, 0.4) is 0 Å². The lowest BCUT2D eigenvalue weighted by Crippen LogP contribution is -2.28. The van der Waals surface area contributed by atoms with Gasteiger partial charge >= 0.3 is 0 Å². The van der Waals surface area contributed by atoms with Crippen molar-refractivity contribution in [1.29, 1.82) is 0 Å². The minimum atomic E-state index is -3.11. The molecule has 0 saturated heterocycles. The molecule has 1 unspecified atom stereocenters. The van der Waals surface area contributed by atoms with Crippen molar-refractivity contribution < 1.29 is 8.42 Å². The number of hydrogen-bond donors (Lipinski definition) is 1. The molecule has 0 rings (SSSR count). The minimum Gasteiger partial charge on any atom is -0.214 e. The molecule has 0 saturated carbocycles. The predicted molar refractivity (Wildman–Crippen MR) is 52.4 cm³/mol. The Morgan fingerprint density at radius 3 is 2.50 bits per heavy atom. The largest absolute Gasteiger partial charge is 0.214 e. The van der Waals surface area contributed by atoms with E-state index in [-0.39, 0.29) is 11.9 Å². The van der Waals surface area contributed by atoms with Crippen LogP contribution in [0, 0.1) is 0 Å². The first kappa shape index (κ1) is 12.5. The summed E-state index contributed by atoms with van der Waals surface area (Å²) in [6, 6.07) is 0. The third kappa shape index (κ3) is 8.59. The van der Waals surface area contributed by atoms with Crippen LogP contribution in [0.15, 0.2) is 0 Å². The molecule has 0 aliphatic carbocycles. The van der Waals surface area contributed by atoms with Gasteiger partial charge in [0, 0.05) is 17.8 Å². The van der Waals surface area contributed by atoms with Gasteiger partial charge in [-0.05, 0) is 12.8 Å². The van der Waals surface area contributed by atoms with Gasteiger partial charge in [0.05, 0.1) is 6.26 Å². The van der Waals surface area contributed by atoms with E-state index in [0.29, 0.717) is 5.88 Å². The maximum atomic E-state index is 10.6. The van der Waals surface area contributed by atoms with E-state index in [9.17, 15) is 8.42 Å². The van der Waals surface area contributed by atoms with Crippen LogP contribution in [0.1, 0.15) is 12.8 Å². The van der Waals surface area contributed by atoms with Gasteiger partial charge in [0.15, 0.2) is 0 Å². The van der Waals surface area contributed by atoms with Crippen LogP contribution in [0.2, 0.25) is 0 Å². The highest BCUT2D eigenvalue weighted by molar-refractivity contribution is 7.88. The predicted octanol–water partition coefficient (Wildman–Crippen LogP) is 1.16. The molecule has 0 aromatic carbocycles. The highest BCUT2D eigenvalue weighted by atomic mass is 35.5. The first-order valence-electron chi connectivity index (χ1n) is 3.60. The Balaban J connectivity index is 3.51. The van der Waals surface area contributed by atoms with E-state index < -0.39 is 10.0 Å². The summed E-state index contributed by atoms with van der Waals surface area (Å²) >= 11 is 11.2. The van der Waals surface area contributed by atoms with Crippen LogP contribution in [-0.4, -0.2) is 32.5 Å². The van der Waals surface area contributed by atoms with E-state index in [1.807, 2.05) is 0 Å².